The molecule has 0 radical (unpaired) electrons. The van der Waals surface area contributed by atoms with Gasteiger partial charge in [0.05, 0.1) is 28.3 Å². The number of carboxylic acids is 1. The molecule has 0 saturated heterocycles. The highest BCUT2D eigenvalue weighted by Gasteiger charge is 2.21. The van der Waals surface area contributed by atoms with Gasteiger partial charge in [-0.3, -0.25) is 0 Å². The van der Waals surface area contributed by atoms with E-state index in [1.54, 1.807) is 6.08 Å². The van der Waals surface area contributed by atoms with Crippen LogP contribution in [0, 0.1) is 55.4 Å². The number of aromatic amines is 2. The fourth-order valence-electron chi connectivity index (χ4n) is 10.2. The zero-order chi connectivity index (χ0) is 48.1. The summed E-state index contributed by atoms with van der Waals surface area (Å²) in [4.78, 5) is 30.5. The van der Waals surface area contributed by atoms with Crippen LogP contribution < -0.4 is 0 Å². The molecule has 5 heterocycles. The predicted octanol–water partition coefficient (Wildman–Crippen LogP) is 16.1. The summed E-state index contributed by atoms with van der Waals surface area (Å²) >= 11 is 0. The lowest BCUT2D eigenvalue weighted by atomic mass is 9.97. The molecule has 0 aliphatic carbocycles. The van der Waals surface area contributed by atoms with Gasteiger partial charge in [-0.15, -0.1) is 0 Å². The molecule has 6 heteroatoms. The van der Waals surface area contributed by atoms with E-state index in [-0.39, 0.29) is 0 Å². The Kier molecular flexibility index (Phi) is 11.6. The van der Waals surface area contributed by atoms with Crippen molar-refractivity contribution < 1.29 is 9.90 Å². The van der Waals surface area contributed by atoms with Crippen molar-refractivity contribution in [3.8, 4) is 44.5 Å². The summed E-state index contributed by atoms with van der Waals surface area (Å²) in [5.74, 6) is -0.979. The number of aryl methyl sites for hydroxylation is 8. The van der Waals surface area contributed by atoms with E-state index in [1.165, 1.54) is 33.4 Å². The average Bonchev–Trinajstić information content (AvgIpc) is 4.12. The van der Waals surface area contributed by atoms with E-state index in [0.717, 1.165) is 123 Å². The molecule has 8 aromatic rings. The normalized spacial score (nSPS) is 12.2. The van der Waals surface area contributed by atoms with E-state index < -0.39 is 5.97 Å². The topological polar surface area (TPSA) is 94.7 Å². The molecule has 10 rings (SSSR count). The number of H-pyrrole nitrogens is 2. The molecule has 338 valence electrons. The van der Waals surface area contributed by atoms with E-state index >= 15 is 0 Å². The Labute approximate surface area is 403 Å². The third kappa shape index (κ3) is 9.22. The molecule has 0 unspecified atom stereocenters. The van der Waals surface area contributed by atoms with Gasteiger partial charge in [0, 0.05) is 50.4 Å². The summed E-state index contributed by atoms with van der Waals surface area (Å²) < 4.78 is 0. The molecule has 8 bridgehead atoms. The van der Waals surface area contributed by atoms with Crippen molar-refractivity contribution in [2.45, 2.75) is 55.4 Å². The van der Waals surface area contributed by atoms with Crippen LogP contribution in [-0.2, 0) is 4.79 Å². The molecule has 0 saturated carbocycles. The molecule has 3 N–H and O–H groups in total. The summed E-state index contributed by atoms with van der Waals surface area (Å²) in [6.07, 6.45) is 15.7. The Morgan fingerprint density at radius 2 is 0.754 bits per heavy atom. The monoisotopic (exact) mass is 898 g/mol. The number of nitrogens with zero attached hydrogens (tertiary/aromatic N) is 2. The smallest absolute Gasteiger partial charge is 0.328 e. The van der Waals surface area contributed by atoms with Crippen molar-refractivity contribution >= 4 is 70.6 Å². The fourth-order valence-corrected chi connectivity index (χ4v) is 10.2. The van der Waals surface area contributed by atoms with Gasteiger partial charge in [-0.25, -0.2) is 14.8 Å². The van der Waals surface area contributed by atoms with Gasteiger partial charge in [-0.2, -0.15) is 0 Å². The molecule has 2 aliphatic rings. The third-order valence-electron chi connectivity index (χ3n) is 12.7. The van der Waals surface area contributed by atoms with Gasteiger partial charge >= 0.3 is 5.97 Å². The molecule has 0 spiro atoms. The second kappa shape index (κ2) is 18.0. The quantitative estimate of drug-likeness (QED) is 0.132. The van der Waals surface area contributed by atoms with Crippen LogP contribution in [0.4, 0.5) is 0 Å². The molecule has 69 heavy (non-hydrogen) atoms. The minimum absolute atomic E-state index is 0.811. The van der Waals surface area contributed by atoms with E-state index in [2.05, 4.69) is 193 Å². The molecule has 6 nitrogen and oxygen atoms in total. The number of carbonyl (C=O) groups is 1. The number of nitrogens with one attached hydrogen (secondary N) is 2. The number of carboxylic acid groups (broad SMARTS) is 1. The lowest BCUT2D eigenvalue weighted by Gasteiger charge is -2.10. The molecule has 3 aromatic heterocycles. The van der Waals surface area contributed by atoms with Crippen LogP contribution in [0.5, 0.6) is 0 Å². The number of hydrogen-bond donors (Lipinski definition) is 3. The van der Waals surface area contributed by atoms with Crippen molar-refractivity contribution in [1.29, 1.82) is 0 Å². The van der Waals surface area contributed by atoms with Gasteiger partial charge in [0.25, 0.3) is 0 Å². The van der Waals surface area contributed by atoms with Crippen molar-refractivity contribution in [3.05, 3.63) is 205 Å². The first kappa shape index (κ1) is 44.5. The second-order valence-corrected chi connectivity index (χ2v) is 18.9. The summed E-state index contributed by atoms with van der Waals surface area (Å²) in [5.41, 5.74) is 27.7. The predicted molar refractivity (Wildman–Crippen MR) is 291 cm³/mol. The van der Waals surface area contributed by atoms with Crippen molar-refractivity contribution in [2.24, 2.45) is 0 Å². The highest BCUT2D eigenvalue weighted by atomic mass is 16.4. The average molecular weight is 899 g/mol. The Morgan fingerprint density at radius 1 is 0.406 bits per heavy atom. The van der Waals surface area contributed by atoms with Crippen molar-refractivity contribution in [3.63, 3.8) is 0 Å². The number of fused-ring (bicyclic) bond motifs is 8. The lowest BCUT2D eigenvalue weighted by Crippen LogP contribution is -1.92. The second-order valence-electron chi connectivity index (χ2n) is 18.9. The fraction of sp³-hybridized carbons (Fsp3) is 0.127. The number of benzene rings is 5. The maximum absolute atomic E-state index is 11.3. The molecule has 2 aliphatic heterocycles. The molecule has 0 amide bonds. The van der Waals surface area contributed by atoms with Crippen LogP contribution >= 0.6 is 0 Å². The Morgan fingerprint density at radius 3 is 1.14 bits per heavy atom. The van der Waals surface area contributed by atoms with Crippen LogP contribution in [0.1, 0.15) is 84.0 Å². The zero-order valence-corrected chi connectivity index (χ0v) is 40.3. The number of hydrogen-bond acceptors (Lipinski definition) is 3. The van der Waals surface area contributed by atoms with Crippen molar-refractivity contribution in [2.75, 3.05) is 0 Å². The van der Waals surface area contributed by atoms with E-state index in [9.17, 15) is 9.90 Å². The van der Waals surface area contributed by atoms with Crippen LogP contribution in [-0.4, -0.2) is 31.0 Å². The Hall–Kier alpha value is -8.35. The highest BCUT2D eigenvalue weighted by Crippen LogP contribution is 2.41. The van der Waals surface area contributed by atoms with E-state index in [0.29, 0.717) is 0 Å². The Balaban J connectivity index is 1.40. The first-order chi connectivity index (χ1) is 33.2. The number of aromatic nitrogens is 4. The molecular formula is C63H54N4O2. The largest absolute Gasteiger partial charge is 0.478 e. The van der Waals surface area contributed by atoms with Crippen LogP contribution in [0.3, 0.4) is 0 Å². The minimum atomic E-state index is -0.979. The maximum Gasteiger partial charge on any atom is 0.328 e. The summed E-state index contributed by atoms with van der Waals surface area (Å²) in [7, 11) is 0. The van der Waals surface area contributed by atoms with Gasteiger partial charge in [-0.05, 0) is 137 Å². The third-order valence-corrected chi connectivity index (χ3v) is 12.7. The maximum atomic E-state index is 11.3. The molecule has 0 fully saturated rings. The lowest BCUT2D eigenvalue weighted by molar-refractivity contribution is -0.131. The van der Waals surface area contributed by atoms with Crippen LogP contribution in [0.25, 0.3) is 109 Å². The summed E-state index contributed by atoms with van der Waals surface area (Å²) in [6, 6.07) is 41.4. The van der Waals surface area contributed by atoms with Crippen LogP contribution in [0.2, 0.25) is 0 Å². The molecule has 0 atom stereocenters. The molecule has 5 aromatic carbocycles. The highest BCUT2D eigenvalue weighted by molar-refractivity contribution is 6.03. The zero-order valence-electron chi connectivity index (χ0n) is 40.3. The van der Waals surface area contributed by atoms with Gasteiger partial charge < -0.3 is 15.1 Å². The standard InChI is InChI=1S/C63H54N4O2/c1-36-23-37(2)28-47(27-36)59-51-16-17-52(64-51)60(48-29-38(3)24-39(4)30-48)54-20-21-56(66-54)62(50-33-42(7)26-43(8)34-50)63-46(15-13-44-9-11-45(12-10-44)14-22-58(68)69)35-57(67-63)61(55-19-18-53(59)65-55)49-31-40(5)25-41(6)32-49/h9-35,64,67H,1-8H3,(H,68,69)/b15-13+,22-14+,59-51?,59-53?,60-52?,60-54?,61-55?,61-57?,62-56?,63-62?. The van der Waals surface area contributed by atoms with Gasteiger partial charge in [-0.1, -0.05) is 154 Å². The Bertz CT molecular complexity index is 3640. The number of rotatable bonds is 8. The minimum Gasteiger partial charge on any atom is -0.478 e. The van der Waals surface area contributed by atoms with Gasteiger partial charge in [0.1, 0.15) is 0 Å². The number of aliphatic carboxylic acids is 1. The molecular weight excluding hydrogens is 845 g/mol. The van der Waals surface area contributed by atoms with Gasteiger partial charge in [0.15, 0.2) is 0 Å². The summed E-state index contributed by atoms with van der Waals surface area (Å²) in [6.45, 7) is 17.2. The first-order valence-corrected chi connectivity index (χ1v) is 23.5. The van der Waals surface area contributed by atoms with Gasteiger partial charge in [0.2, 0.25) is 0 Å². The van der Waals surface area contributed by atoms with E-state index in [4.69, 9.17) is 9.97 Å². The van der Waals surface area contributed by atoms with E-state index in [1.807, 2.05) is 24.3 Å². The van der Waals surface area contributed by atoms with Crippen molar-refractivity contribution in [1.82, 2.24) is 19.9 Å². The first-order valence-electron chi connectivity index (χ1n) is 23.5. The SMILES string of the molecule is Cc1cc(C)cc(-c2c3nc(c(-c4cc(C)cc(C)c4)c4cc(/C=C/c5ccc(/C=C/C(=O)O)cc5)c([nH]4)c(-c4cc(C)cc(C)c4)c4nc(c(-c5cc(C)cc(C)c5)c5ccc2[nH]5)C=C4)C=C3)c1. The van der Waals surface area contributed by atoms with Crippen LogP contribution in [0.15, 0.2) is 121 Å². The summed E-state index contributed by atoms with van der Waals surface area (Å²) in [5, 5.41) is 9.23.